The molecule has 10 heteroatoms. The second-order valence-electron chi connectivity index (χ2n) is 5.90. The Kier molecular flexibility index (Phi) is 3.88. The van der Waals surface area contributed by atoms with Crippen molar-refractivity contribution in [2.45, 2.75) is 25.8 Å². The van der Waals surface area contributed by atoms with Crippen LogP contribution in [0.4, 0.5) is 9.93 Å². The Morgan fingerprint density at radius 3 is 2.88 bits per heavy atom. The highest BCUT2D eigenvalue weighted by Crippen LogP contribution is 2.37. The molecule has 3 heterocycles. The lowest BCUT2D eigenvalue weighted by Gasteiger charge is -2.20. The molecule has 2 aliphatic rings. The van der Waals surface area contributed by atoms with E-state index in [0.29, 0.717) is 5.13 Å². The first kappa shape index (κ1) is 16.3. The largest absolute Gasteiger partial charge is 0.300 e. The molecule has 8 nitrogen and oxygen atoms in total. The highest BCUT2D eigenvalue weighted by atomic mass is 32.2. The fourth-order valence-corrected chi connectivity index (χ4v) is 4.80. The Labute approximate surface area is 151 Å². The van der Waals surface area contributed by atoms with Crippen LogP contribution in [0.2, 0.25) is 0 Å². The number of thioether (sulfide) groups is 1. The van der Waals surface area contributed by atoms with Crippen LogP contribution in [0.1, 0.15) is 17.5 Å². The molecule has 1 aliphatic heterocycles. The van der Waals surface area contributed by atoms with Crippen LogP contribution in [0.3, 0.4) is 0 Å². The van der Waals surface area contributed by atoms with E-state index in [1.165, 1.54) is 11.3 Å². The molecule has 0 bridgehead atoms. The maximum Gasteiger partial charge on any atom is 0.289 e. The van der Waals surface area contributed by atoms with Gasteiger partial charge in [-0.05, 0) is 19.8 Å². The number of carbonyl (C=O) groups is 3. The summed E-state index contributed by atoms with van der Waals surface area (Å²) < 4.78 is 1.85. The normalized spacial score (nSPS) is 17.4. The number of aromatic nitrogens is 3. The van der Waals surface area contributed by atoms with Crippen molar-refractivity contribution in [2.24, 2.45) is 7.05 Å². The van der Waals surface area contributed by atoms with E-state index in [1.54, 1.807) is 13.1 Å². The summed E-state index contributed by atoms with van der Waals surface area (Å²) in [4.78, 5) is 42.6. The number of hydrogen-bond donors (Lipinski definition) is 1. The number of nitrogens with zero attached hydrogens (tertiary/aromatic N) is 4. The fraction of sp³-hybridized carbons (Fsp3) is 0.400. The monoisotopic (exact) mass is 377 g/mol. The number of rotatable bonds is 3. The minimum Gasteiger partial charge on any atom is -0.300 e. The van der Waals surface area contributed by atoms with Crippen LogP contribution in [0.5, 0.6) is 0 Å². The van der Waals surface area contributed by atoms with Crippen LogP contribution < -0.4 is 5.32 Å². The minimum atomic E-state index is -0.857. The van der Waals surface area contributed by atoms with Crippen molar-refractivity contribution in [1.82, 2.24) is 19.7 Å². The summed E-state index contributed by atoms with van der Waals surface area (Å²) >= 11 is 2.34. The molecule has 0 radical (unpaired) electrons. The highest BCUT2D eigenvalue weighted by molar-refractivity contribution is 8.14. The first-order valence-electron chi connectivity index (χ1n) is 7.76. The molecule has 1 saturated heterocycles. The number of anilines is 1. The zero-order valence-corrected chi connectivity index (χ0v) is 15.2. The molecule has 1 fully saturated rings. The molecule has 1 aliphatic carbocycles. The van der Waals surface area contributed by atoms with Crippen LogP contribution >= 0.6 is 23.1 Å². The lowest BCUT2D eigenvalue weighted by Crippen LogP contribution is -2.44. The number of fused-ring (bicyclic) bond motifs is 3. The average molecular weight is 377 g/mol. The van der Waals surface area contributed by atoms with Crippen LogP contribution in [-0.4, -0.2) is 48.5 Å². The van der Waals surface area contributed by atoms with Crippen molar-refractivity contribution in [2.75, 3.05) is 11.1 Å². The van der Waals surface area contributed by atoms with Crippen LogP contribution in [0.15, 0.2) is 6.20 Å². The highest BCUT2D eigenvalue weighted by Gasteiger charge is 2.37. The van der Waals surface area contributed by atoms with Gasteiger partial charge in [-0.3, -0.25) is 24.0 Å². The van der Waals surface area contributed by atoms with Gasteiger partial charge in [0.05, 0.1) is 17.6 Å². The maximum atomic E-state index is 12.4. The third-order valence-electron chi connectivity index (χ3n) is 4.38. The van der Waals surface area contributed by atoms with Crippen LogP contribution in [0, 0.1) is 0 Å². The zero-order valence-electron chi connectivity index (χ0n) is 13.6. The Balaban J connectivity index is 1.55. The van der Waals surface area contributed by atoms with Gasteiger partial charge in [-0.15, -0.1) is 11.3 Å². The first-order chi connectivity index (χ1) is 12.0. The Hall–Kier alpha value is -2.20. The molecule has 1 atom stereocenters. The number of thiazole rings is 1. The van der Waals surface area contributed by atoms with Gasteiger partial charge in [-0.1, -0.05) is 11.8 Å². The van der Waals surface area contributed by atoms with Crippen molar-refractivity contribution in [3.63, 3.8) is 0 Å². The van der Waals surface area contributed by atoms with Crippen molar-refractivity contribution in [1.29, 1.82) is 0 Å². The quantitative estimate of drug-likeness (QED) is 0.874. The summed E-state index contributed by atoms with van der Waals surface area (Å²) in [5.74, 6) is -0.663. The molecule has 130 valence electrons. The van der Waals surface area contributed by atoms with Gasteiger partial charge in [-0.2, -0.15) is 5.10 Å². The van der Waals surface area contributed by atoms with Gasteiger partial charge in [0, 0.05) is 23.2 Å². The van der Waals surface area contributed by atoms with E-state index in [0.717, 1.165) is 51.3 Å². The van der Waals surface area contributed by atoms with Gasteiger partial charge in [0.25, 0.3) is 5.24 Å². The Morgan fingerprint density at radius 2 is 2.16 bits per heavy atom. The molecule has 1 N–H and O–H groups in total. The van der Waals surface area contributed by atoms with Crippen molar-refractivity contribution in [3.05, 3.63) is 16.8 Å². The van der Waals surface area contributed by atoms with Gasteiger partial charge >= 0.3 is 0 Å². The van der Waals surface area contributed by atoms with Crippen LogP contribution in [-0.2, 0) is 29.5 Å². The molecule has 0 aromatic carbocycles. The van der Waals surface area contributed by atoms with E-state index in [4.69, 9.17) is 0 Å². The molecule has 0 saturated carbocycles. The van der Waals surface area contributed by atoms with Gasteiger partial charge in [0.1, 0.15) is 6.04 Å². The number of imide groups is 1. The zero-order chi connectivity index (χ0) is 17.7. The number of aryl methyl sites for hydroxylation is 2. The van der Waals surface area contributed by atoms with Crippen molar-refractivity contribution < 1.29 is 14.4 Å². The van der Waals surface area contributed by atoms with E-state index in [2.05, 4.69) is 15.4 Å². The molecule has 0 unspecified atom stereocenters. The summed E-state index contributed by atoms with van der Waals surface area (Å²) in [6.45, 7) is 1.55. The van der Waals surface area contributed by atoms with Gasteiger partial charge in [-0.25, -0.2) is 4.98 Å². The molecule has 0 spiro atoms. The number of nitrogens with one attached hydrogen (secondary N) is 1. The second-order valence-corrected chi connectivity index (χ2v) is 7.91. The molecule has 25 heavy (non-hydrogen) atoms. The maximum absolute atomic E-state index is 12.4. The fourth-order valence-electron chi connectivity index (χ4n) is 3.04. The van der Waals surface area contributed by atoms with E-state index in [9.17, 15) is 14.4 Å². The SMILES string of the molecule is C[C@@H](C(=O)Nc1nc2c(s1)CCc1c-2cnn1C)N1C(=O)CSC1=O. The lowest BCUT2D eigenvalue weighted by atomic mass is 10.0. The summed E-state index contributed by atoms with van der Waals surface area (Å²) in [5, 5.41) is 7.11. The predicted octanol–water partition coefficient (Wildman–Crippen LogP) is 1.66. The summed E-state index contributed by atoms with van der Waals surface area (Å²) in [6.07, 6.45) is 3.53. The van der Waals surface area contributed by atoms with E-state index < -0.39 is 11.9 Å². The second kappa shape index (κ2) is 5.95. The average Bonchev–Trinajstić information content (AvgIpc) is 3.24. The molecular formula is C15H15N5O3S2. The molecule has 4 rings (SSSR count). The molecule has 3 amide bonds. The third-order valence-corrected chi connectivity index (χ3v) is 6.25. The van der Waals surface area contributed by atoms with Gasteiger partial charge in [0.15, 0.2) is 5.13 Å². The molecular weight excluding hydrogens is 362 g/mol. The van der Waals surface area contributed by atoms with Crippen molar-refractivity contribution in [3.8, 4) is 11.3 Å². The van der Waals surface area contributed by atoms with Crippen LogP contribution in [0.25, 0.3) is 11.3 Å². The predicted molar refractivity (Wildman–Crippen MR) is 94.5 cm³/mol. The third kappa shape index (κ3) is 2.65. The standard InChI is InChI=1S/C15H15N5O3S2/c1-7(20-11(21)6-24-15(20)23)13(22)18-14-17-12-8-5-16-19(2)9(8)3-4-10(12)25-14/h5,7H,3-4,6H2,1-2H3,(H,17,18,22)/t7-/m0/s1. The van der Waals surface area contributed by atoms with E-state index >= 15 is 0 Å². The van der Waals surface area contributed by atoms with E-state index in [1.807, 2.05) is 11.7 Å². The smallest absolute Gasteiger partial charge is 0.289 e. The van der Waals surface area contributed by atoms with E-state index in [-0.39, 0.29) is 16.9 Å². The topological polar surface area (TPSA) is 97.2 Å². The Bertz CT molecular complexity index is 887. The molecule has 2 aromatic rings. The summed E-state index contributed by atoms with van der Waals surface area (Å²) in [5.41, 5.74) is 2.98. The number of amides is 3. The number of carbonyl (C=O) groups excluding carboxylic acids is 3. The van der Waals surface area contributed by atoms with Gasteiger partial charge in [0.2, 0.25) is 11.8 Å². The summed E-state index contributed by atoms with van der Waals surface area (Å²) in [6, 6.07) is -0.857. The lowest BCUT2D eigenvalue weighted by molar-refractivity contribution is -0.131. The minimum absolute atomic E-state index is 0.0891. The molecule has 2 aromatic heterocycles. The van der Waals surface area contributed by atoms with Gasteiger partial charge < -0.3 is 5.32 Å². The number of hydrogen-bond acceptors (Lipinski definition) is 7. The Morgan fingerprint density at radius 1 is 1.36 bits per heavy atom. The first-order valence-corrected chi connectivity index (χ1v) is 9.56. The summed E-state index contributed by atoms with van der Waals surface area (Å²) in [7, 11) is 1.91. The van der Waals surface area contributed by atoms with Crippen molar-refractivity contribution >= 4 is 45.3 Å².